The van der Waals surface area contributed by atoms with Gasteiger partial charge < -0.3 is 4.74 Å². The summed E-state index contributed by atoms with van der Waals surface area (Å²) >= 11 is 0. The van der Waals surface area contributed by atoms with E-state index < -0.39 is 47.4 Å². The number of nitro benzene ring substituents is 1. The summed E-state index contributed by atoms with van der Waals surface area (Å²) in [5.74, 6) is -3.81. The van der Waals surface area contributed by atoms with Crippen molar-refractivity contribution >= 4 is 29.3 Å². The molecular formula is C18H11F2N3O7. The van der Waals surface area contributed by atoms with Gasteiger partial charge in [-0.15, -0.1) is 0 Å². The minimum absolute atomic E-state index is 0.0528. The fourth-order valence-electron chi connectivity index (χ4n) is 2.71. The fraction of sp³-hybridized carbons (Fsp3) is 0.111. The van der Waals surface area contributed by atoms with Crippen LogP contribution in [0.2, 0.25) is 0 Å². The topological polar surface area (TPSA) is 136 Å². The molecule has 0 fully saturated rings. The summed E-state index contributed by atoms with van der Waals surface area (Å²) in [5.41, 5.74) is -0.763. The highest BCUT2D eigenvalue weighted by molar-refractivity contribution is 6.23. The Bertz CT molecular complexity index is 1070. The molecule has 3 rings (SSSR count). The monoisotopic (exact) mass is 419 g/mol. The molecule has 0 aliphatic carbocycles. The summed E-state index contributed by atoms with van der Waals surface area (Å²) in [4.78, 5) is 59.5. The van der Waals surface area contributed by atoms with Crippen LogP contribution in [0.15, 0.2) is 42.5 Å². The second-order valence-corrected chi connectivity index (χ2v) is 5.96. The average Bonchev–Trinajstić information content (AvgIpc) is 2.92. The first-order chi connectivity index (χ1) is 14.2. The molecule has 4 amide bonds. The minimum Gasteiger partial charge on any atom is -0.435 e. The Morgan fingerprint density at radius 2 is 1.70 bits per heavy atom. The number of nitrogens with one attached hydrogen (secondary N) is 1. The summed E-state index contributed by atoms with van der Waals surface area (Å²) in [5, 5.41) is 12.8. The predicted octanol–water partition coefficient (Wildman–Crippen LogP) is 1.75. The van der Waals surface area contributed by atoms with E-state index in [0.29, 0.717) is 4.90 Å². The Hall–Kier alpha value is -4.22. The maximum atomic E-state index is 12.3. The maximum absolute atomic E-state index is 12.3. The Labute approximate surface area is 166 Å². The van der Waals surface area contributed by atoms with E-state index in [1.54, 1.807) is 0 Å². The molecule has 2 aromatic carbocycles. The molecule has 0 aromatic heterocycles. The zero-order valence-corrected chi connectivity index (χ0v) is 14.8. The number of benzene rings is 2. The van der Waals surface area contributed by atoms with Crippen LogP contribution in [-0.4, -0.2) is 46.6 Å². The second kappa shape index (κ2) is 8.03. The van der Waals surface area contributed by atoms with E-state index in [-0.39, 0.29) is 22.4 Å². The number of nitro groups is 1. The number of ether oxygens (including phenoxy) is 1. The number of carbonyl (C=O) groups excluding carboxylic acids is 4. The molecule has 2 aromatic rings. The first-order valence-corrected chi connectivity index (χ1v) is 8.21. The molecule has 1 aliphatic heterocycles. The number of imide groups is 2. The molecule has 0 radical (unpaired) electrons. The normalized spacial score (nSPS) is 12.7. The van der Waals surface area contributed by atoms with Gasteiger partial charge in [-0.2, -0.15) is 8.78 Å². The van der Waals surface area contributed by atoms with E-state index in [9.17, 15) is 38.1 Å². The SMILES string of the molecule is O=C(CN1C(=O)c2ccc([N+](=O)[O-])cc2C1=O)NC(=O)c1ccc(OC(F)F)cc1. The number of alkyl halides is 2. The third kappa shape index (κ3) is 4.11. The van der Waals surface area contributed by atoms with Crippen LogP contribution in [-0.2, 0) is 4.79 Å². The summed E-state index contributed by atoms with van der Waals surface area (Å²) in [6.07, 6.45) is 0. The lowest BCUT2D eigenvalue weighted by atomic mass is 10.1. The number of carbonyl (C=O) groups is 4. The van der Waals surface area contributed by atoms with Gasteiger partial charge in [0, 0.05) is 17.7 Å². The van der Waals surface area contributed by atoms with Crippen molar-refractivity contribution in [3.63, 3.8) is 0 Å². The Morgan fingerprint density at radius 1 is 1.07 bits per heavy atom. The maximum Gasteiger partial charge on any atom is 0.387 e. The van der Waals surface area contributed by atoms with Crippen molar-refractivity contribution in [1.29, 1.82) is 0 Å². The van der Waals surface area contributed by atoms with E-state index in [1.807, 2.05) is 5.32 Å². The van der Waals surface area contributed by atoms with Crippen LogP contribution in [0.3, 0.4) is 0 Å². The van der Waals surface area contributed by atoms with Crippen LogP contribution in [0.25, 0.3) is 0 Å². The molecular weight excluding hydrogens is 408 g/mol. The standard InChI is InChI=1S/C18H11F2N3O7/c19-18(20)30-11-4-1-9(2-5-11)15(25)21-14(24)8-22-16(26)12-6-3-10(23(28)29)7-13(12)17(22)27/h1-7,18H,8H2,(H,21,24,25). The van der Waals surface area contributed by atoms with Crippen LogP contribution in [0.4, 0.5) is 14.5 Å². The highest BCUT2D eigenvalue weighted by atomic mass is 19.3. The quantitative estimate of drug-likeness (QED) is 0.428. The van der Waals surface area contributed by atoms with Gasteiger partial charge in [-0.1, -0.05) is 0 Å². The van der Waals surface area contributed by atoms with Gasteiger partial charge in [-0.05, 0) is 30.3 Å². The third-order valence-electron chi connectivity index (χ3n) is 4.06. The smallest absolute Gasteiger partial charge is 0.387 e. The minimum atomic E-state index is -3.03. The number of nitrogens with zero attached hydrogens (tertiary/aromatic N) is 2. The van der Waals surface area contributed by atoms with E-state index in [2.05, 4.69) is 4.74 Å². The zero-order chi connectivity index (χ0) is 22.0. The molecule has 30 heavy (non-hydrogen) atoms. The average molecular weight is 419 g/mol. The molecule has 0 spiro atoms. The van der Waals surface area contributed by atoms with Gasteiger partial charge in [0.2, 0.25) is 5.91 Å². The van der Waals surface area contributed by atoms with Crippen molar-refractivity contribution in [3.05, 3.63) is 69.3 Å². The number of non-ortho nitro benzene ring substituents is 1. The summed E-state index contributed by atoms with van der Waals surface area (Å²) in [6, 6.07) is 7.58. The highest BCUT2D eigenvalue weighted by Crippen LogP contribution is 2.26. The first kappa shape index (κ1) is 20.5. The number of rotatable bonds is 6. The van der Waals surface area contributed by atoms with E-state index >= 15 is 0 Å². The van der Waals surface area contributed by atoms with E-state index in [4.69, 9.17) is 0 Å². The van der Waals surface area contributed by atoms with Gasteiger partial charge in [0.05, 0.1) is 16.1 Å². The Kier molecular flexibility index (Phi) is 5.49. The van der Waals surface area contributed by atoms with Gasteiger partial charge in [0.25, 0.3) is 23.4 Å². The molecule has 1 N–H and O–H groups in total. The van der Waals surface area contributed by atoms with Gasteiger partial charge in [-0.25, -0.2) is 0 Å². The molecule has 0 unspecified atom stereocenters. The molecule has 0 atom stereocenters. The summed E-state index contributed by atoms with van der Waals surface area (Å²) in [7, 11) is 0. The predicted molar refractivity (Wildman–Crippen MR) is 94.0 cm³/mol. The summed E-state index contributed by atoms with van der Waals surface area (Å²) in [6.45, 7) is -3.83. The van der Waals surface area contributed by atoms with Crippen LogP contribution < -0.4 is 10.1 Å². The second-order valence-electron chi connectivity index (χ2n) is 5.96. The van der Waals surface area contributed by atoms with Crippen molar-refractivity contribution in [2.75, 3.05) is 6.54 Å². The van der Waals surface area contributed by atoms with Crippen molar-refractivity contribution in [1.82, 2.24) is 10.2 Å². The van der Waals surface area contributed by atoms with Gasteiger partial charge >= 0.3 is 6.61 Å². The molecule has 0 saturated heterocycles. The largest absolute Gasteiger partial charge is 0.435 e. The van der Waals surface area contributed by atoms with E-state index in [1.165, 1.54) is 0 Å². The van der Waals surface area contributed by atoms with Gasteiger partial charge in [0.15, 0.2) is 0 Å². The van der Waals surface area contributed by atoms with Crippen LogP contribution >= 0.6 is 0 Å². The molecule has 12 heteroatoms. The van der Waals surface area contributed by atoms with Crippen molar-refractivity contribution in [2.24, 2.45) is 0 Å². The molecule has 1 heterocycles. The first-order valence-electron chi connectivity index (χ1n) is 8.21. The van der Waals surface area contributed by atoms with E-state index in [0.717, 1.165) is 42.5 Å². The lowest BCUT2D eigenvalue weighted by Crippen LogP contribution is -2.42. The molecule has 154 valence electrons. The van der Waals surface area contributed by atoms with Crippen LogP contribution in [0.1, 0.15) is 31.1 Å². The summed E-state index contributed by atoms with van der Waals surface area (Å²) < 4.78 is 28.4. The fourth-order valence-corrected chi connectivity index (χ4v) is 2.71. The lowest BCUT2D eigenvalue weighted by molar-refractivity contribution is -0.384. The number of amides is 4. The molecule has 0 saturated carbocycles. The third-order valence-corrected chi connectivity index (χ3v) is 4.06. The molecule has 0 bridgehead atoms. The zero-order valence-electron chi connectivity index (χ0n) is 14.8. The Morgan fingerprint density at radius 3 is 2.30 bits per heavy atom. The molecule has 1 aliphatic rings. The highest BCUT2D eigenvalue weighted by Gasteiger charge is 2.38. The van der Waals surface area contributed by atoms with Gasteiger partial charge in [0.1, 0.15) is 12.3 Å². The Balaban J connectivity index is 1.66. The lowest BCUT2D eigenvalue weighted by Gasteiger charge is -2.13. The number of fused-ring (bicyclic) bond motifs is 1. The number of hydrogen-bond acceptors (Lipinski definition) is 7. The van der Waals surface area contributed by atoms with Crippen molar-refractivity contribution in [3.8, 4) is 5.75 Å². The number of halogens is 2. The van der Waals surface area contributed by atoms with Crippen LogP contribution in [0.5, 0.6) is 5.75 Å². The molecule has 10 nitrogen and oxygen atoms in total. The van der Waals surface area contributed by atoms with Crippen molar-refractivity contribution in [2.45, 2.75) is 6.61 Å². The van der Waals surface area contributed by atoms with Crippen LogP contribution in [0, 0.1) is 10.1 Å². The number of hydrogen-bond donors (Lipinski definition) is 1. The van der Waals surface area contributed by atoms with Gasteiger partial charge in [-0.3, -0.25) is 39.5 Å². The van der Waals surface area contributed by atoms with Crippen molar-refractivity contribution < 1.29 is 37.6 Å².